The van der Waals surface area contributed by atoms with Crippen molar-refractivity contribution < 1.29 is 23.5 Å². The number of carboxylic acids is 1. The van der Waals surface area contributed by atoms with Crippen LogP contribution >= 0.6 is 0 Å². The predicted octanol–water partition coefficient (Wildman–Crippen LogP) is 2.29. The number of hydrogen-bond donors (Lipinski definition) is 1. The molecule has 1 aromatic rings. The molecule has 1 amide bonds. The highest BCUT2D eigenvalue weighted by Crippen LogP contribution is 2.19. The Hall–Kier alpha value is -1.98. The lowest BCUT2D eigenvalue weighted by molar-refractivity contribution is -0.138. The average Bonchev–Trinajstić information content (AvgIpc) is 2.26. The van der Waals surface area contributed by atoms with Gasteiger partial charge < -0.3 is 10.0 Å². The molecule has 0 unspecified atom stereocenters. The number of aliphatic carboxylic acids is 1. The highest BCUT2D eigenvalue weighted by atomic mass is 19.1. The highest BCUT2D eigenvalue weighted by Gasteiger charge is 2.30. The lowest BCUT2D eigenvalue weighted by atomic mass is 10.0. The molecule has 0 heterocycles. The first kappa shape index (κ1) is 15.1. The molecular formula is C13H15F2NO3. The zero-order valence-electron chi connectivity index (χ0n) is 10.9. The Morgan fingerprint density at radius 1 is 1.26 bits per heavy atom. The molecule has 0 spiro atoms. The summed E-state index contributed by atoms with van der Waals surface area (Å²) in [6.07, 6.45) is 0. The van der Waals surface area contributed by atoms with Crippen molar-refractivity contribution in [2.24, 2.45) is 0 Å². The van der Waals surface area contributed by atoms with Gasteiger partial charge >= 0.3 is 5.97 Å². The van der Waals surface area contributed by atoms with E-state index in [1.54, 1.807) is 20.8 Å². The van der Waals surface area contributed by atoms with Crippen LogP contribution in [0.5, 0.6) is 0 Å². The van der Waals surface area contributed by atoms with E-state index in [1.807, 2.05) is 0 Å². The van der Waals surface area contributed by atoms with Crippen LogP contribution in [-0.2, 0) is 4.79 Å². The van der Waals surface area contributed by atoms with E-state index in [9.17, 15) is 18.4 Å². The van der Waals surface area contributed by atoms with Crippen LogP contribution in [-0.4, -0.2) is 34.0 Å². The fourth-order valence-electron chi connectivity index (χ4n) is 1.56. The van der Waals surface area contributed by atoms with Crippen molar-refractivity contribution in [3.8, 4) is 0 Å². The third kappa shape index (κ3) is 3.74. The van der Waals surface area contributed by atoms with Gasteiger partial charge in [0.1, 0.15) is 18.2 Å². The summed E-state index contributed by atoms with van der Waals surface area (Å²) in [4.78, 5) is 23.9. The maximum atomic E-state index is 13.5. The second-order valence-electron chi connectivity index (χ2n) is 5.08. The highest BCUT2D eigenvalue weighted by molar-refractivity contribution is 5.96. The molecule has 104 valence electrons. The van der Waals surface area contributed by atoms with Crippen molar-refractivity contribution in [2.75, 3.05) is 6.54 Å². The largest absolute Gasteiger partial charge is 0.480 e. The number of nitrogens with zero attached hydrogens (tertiary/aromatic N) is 1. The van der Waals surface area contributed by atoms with E-state index in [0.29, 0.717) is 0 Å². The summed E-state index contributed by atoms with van der Waals surface area (Å²) in [5, 5.41) is 8.81. The Morgan fingerprint density at radius 2 is 1.84 bits per heavy atom. The smallest absolute Gasteiger partial charge is 0.323 e. The Bertz CT molecular complexity index is 509. The molecule has 6 heteroatoms. The van der Waals surface area contributed by atoms with Gasteiger partial charge in [0.2, 0.25) is 0 Å². The minimum atomic E-state index is -1.22. The minimum absolute atomic E-state index is 0.476. The fraction of sp³-hybridized carbons (Fsp3) is 0.385. The van der Waals surface area contributed by atoms with Gasteiger partial charge in [0, 0.05) is 5.54 Å². The van der Waals surface area contributed by atoms with Gasteiger partial charge in [-0.2, -0.15) is 0 Å². The molecular weight excluding hydrogens is 256 g/mol. The molecule has 0 aliphatic heterocycles. The number of carbonyl (C=O) groups excluding carboxylic acids is 1. The SMILES string of the molecule is CC(C)(C)N(CC(=O)O)C(=O)c1cc(F)ccc1F. The Kier molecular flexibility index (Phi) is 4.24. The first-order valence-corrected chi connectivity index (χ1v) is 5.61. The van der Waals surface area contributed by atoms with E-state index in [-0.39, 0.29) is 0 Å². The van der Waals surface area contributed by atoms with Crippen LogP contribution in [0.2, 0.25) is 0 Å². The third-order valence-corrected chi connectivity index (χ3v) is 2.51. The Morgan fingerprint density at radius 3 is 2.32 bits per heavy atom. The molecule has 1 N–H and O–H groups in total. The number of rotatable bonds is 3. The molecule has 0 aromatic heterocycles. The van der Waals surface area contributed by atoms with E-state index in [2.05, 4.69) is 0 Å². The number of hydrogen-bond acceptors (Lipinski definition) is 2. The van der Waals surface area contributed by atoms with E-state index >= 15 is 0 Å². The second kappa shape index (κ2) is 5.34. The molecule has 19 heavy (non-hydrogen) atoms. The van der Waals surface area contributed by atoms with Crippen molar-refractivity contribution in [1.82, 2.24) is 4.90 Å². The topological polar surface area (TPSA) is 57.6 Å². The lowest BCUT2D eigenvalue weighted by Crippen LogP contribution is -2.48. The second-order valence-corrected chi connectivity index (χ2v) is 5.08. The van der Waals surface area contributed by atoms with Gasteiger partial charge in [-0.05, 0) is 39.0 Å². The van der Waals surface area contributed by atoms with Gasteiger partial charge in [-0.25, -0.2) is 8.78 Å². The molecule has 4 nitrogen and oxygen atoms in total. The molecule has 0 fully saturated rings. The maximum Gasteiger partial charge on any atom is 0.323 e. The minimum Gasteiger partial charge on any atom is -0.480 e. The Balaban J connectivity index is 3.19. The summed E-state index contributed by atoms with van der Waals surface area (Å²) >= 11 is 0. The predicted molar refractivity (Wildman–Crippen MR) is 64.8 cm³/mol. The van der Waals surface area contributed by atoms with Gasteiger partial charge in [0.05, 0.1) is 5.56 Å². The number of amides is 1. The number of carbonyl (C=O) groups is 2. The molecule has 0 saturated carbocycles. The molecule has 0 aliphatic carbocycles. The first-order valence-electron chi connectivity index (χ1n) is 5.61. The number of halogens is 2. The van der Waals surface area contributed by atoms with E-state index in [4.69, 9.17) is 5.11 Å². The van der Waals surface area contributed by atoms with E-state index in [1.165, 1.54) is 0 Å². The lowest BCUT2D eigenvalue weighted by Gasteiger charge is -2.34. The molecule has 1 rings (SSSR count). The summed E-state index contributed by atoms with van der Waals surface area (Å²) in [5.41, 5.74) is -1.30. The van der Waals surface area contributed by atoms with Crippen molar-refractivity contribution in [1.29, 1.82) is 0 Å². The zero-order valence-corrected chi connectivity index (χ0v) is 10.9. The molecule has 0 radical (unpaired) electrons. The molecule has 1 aromatic carbocycles. The normalized spacial score (nSPS) is 11.2. The fourth-order valence-corrected chi connectivity index (χ4v) is 1.56. The summed E-state index contributed by atoms with van der Waals surface area (Å²) < 4.78 is 26.6. The van der Waals surface area contributed by atoms with Crippen LogP contribution in [0.3, 0.4) is 0 Å². The molecule has 0 bridgehead atoms. The van der Waals surface area contributed by atoms with Gasteiger partial charge in [-0.1, -0.05) is 0 Å². The number of carboxylic acid groups (broad SMARTS) is 1. The molecule has 0 atom stereocenters. The van der Waals surface area contributed by atoms with Crippen LogP contribution in [0.4, 0.5) is 8.78 Å². The molecule has 0 saturated heterocycles. The zero-order chi connectivity index (χ0) is 14.8. The van der Waals surface area contributed by atoms with Crippen LogP contribution in [0.15, 0.2) is 18.2 Å². The third-order valence-electron chi connectivity index (χ3n) is 2.51. The summed E-state index contributed by atoms with van der Waals surface area (Å²) in [5.74, 6) is -3.72. The summed E-state index contributed by atoms with van der Waals surface area (Å²) in [6.45, 7) is 4.26. The monoisotopic (exact) mass is 271 g/mol. The quantitative estimate of drug-likeness (QED) is 0.917. The van der Waals surface area contributed by atoms with Crippen LogP contribution in [0.25, 0.3) is 0 Å². The van der Waals surface area contributed by atoms with Crippen LogP contribution in [0, 0.1) is 11.6 Å². The summed E-state index contributed by atoms with van der Waals surface area (Å²) in [6, 6.07) is 2.49. The first-order chi connectivity index (χ1) is 8.62. The van der Waals surface area contributed by atoms with Crippen molar-refractivity contribution in [2.45, 2.75) is 26.3 Å². The van der Waals surface area contributed by atoms with Crippen molar-refractivity contribution >= 4 is 11.9 Å². The maximum absolute atomic E-state index is 13.5. The Labute approximate surface area is 109 Å². The van der Waals surface area contributed by atoms with E-state index in [0.717, 1.165) is 23.1 Å². The van der Waals surface area contributed by atoms with Gasteiger partial charge in [-0.15, -0.1) is 0 Å². The van der Waals surface area contributed by atoms with Crippen LogP contribution < -0.4 is 0 Å². The molecule has 0 aliphatic rings. The standard InChI is InChI=1S/C13H15F2NO3/c1-13(2,3)16(7-11(17)18)12(19)9-6-8(14)4-5-10(9)15/h4-6H,7H2,1-3H3,(H,17,18). The average molecular weight is 271 g/mol. The number of benzene rings is 1. The van der Waals surface area contributed by atoms with Gasteiger partial charge in [-0.3, -0.25) is 9.59 Å². The van der Waals surface area contributed by atoms with Gasteiger partial charge in [0.15, 0.2) is 0 Å². The van der Waals surface area contributed by atoms with Crippen molar-refractivity contribution in [3.05, 3.63) is 35.4 Å². The van der Waals surface area contributed by atoms with E-state index < -0.39 is 41.2 Å². The van der Waals surface area contributed by atoms with Crippen molar-refractivity contribution in [3.63, 3.8) is 0 Å². The van der Waals surface area contributed by atoms with Gasteiger partial charge in [0.25, 0.3) is 5.91 Å². The summed E-state index contributed by atoms with van der Waals surface area (Å²) in [7, 11) is 0. The van der Waals surface area contributed by atoms with Crippen LogP contribution in [0.1, 0.15) is 31.1 Å².